The molecule has 0 saturated heterocycles. The van der Waals surface area contributed by atoms with Crippen LogP contribution in [0.3, 0.4) is 0 Å². The van der Waals surface area contributed by atoms with Crippen LogP contribution in [0.25, 0.3) is 0 Å². The summed E-state index contributed by atoms with van der Waals surface area (Å²) >= 11 is 0. The average molecular weight is 476 g/mol. The summed E-state index contributed by atoms with van der Waals surface area (Å²) in [6.45, 7) is 3.86. The first kappa shape index (κ1) is 28.1. The fourth-order valence-corrected chi connectivity index (χ4v) is 3.40. The van der Waals surface area contributed by atoms with Crippen molar-refractivity contribution in [2.45, 2.75) is 57.7 Å². The van der Waals surface area contributed by atoms with Gasteiger partial charge >= 0.3 is 5.97 Å². The van der Waals surface area contributed by atoms with Gasteiger partial charge in [0.1, 0.15) is 12.1 Å². The molecular weight excluding hydrogens is 442 g/mol. The summed E-state index contributed by atoms with van der Waals surface area (Å²) in [5, 5.41) is 14.9. The van der Waals surface area contributed by atoms with E-state index in [1.807, 2.05) is 62.4 Å². The summed E-state index contributed by atoms with van der Waals surface area (Å²) in [5.41, 5.74) is 7.94. The summed E-state index contributed by atoms with van der Waals surface area (Å²) in [6.07, 6.45) is 1.62. The predicted octanol–water partition coefficient (Wildman–Crippen LogP) is 2.71. The van der Waals surface area contributed by atoms with Crippen LogP contribution in [0.2, 0.25) is 0 Å². The molecule has 0 spiro atoms. The highest BCUT2D eigenvalue weighted by Gasteiger charge is 2.28. The summed E-state index contributed by atoms with van der Waals surface area (Å²) in [6, 6.07) is 16.1. The zero-order valence-corrected chi connectivity index (χ0v) is 19.9. The second-order valence-electron chi connectivity index (χ2n) is 8.41. The van der Waals surface area contributed by atoms with E-state index in [4.69, 9.17) is 5.73 Å². The second kappa shape index (κ2) is 14.3. The molecule has 0 fully saturated rings. The molecule has 0 aliphatic carbocycles. The van der Waals surface area contributed by atoms with Gasteiger partial charge in [-0.1, -0.05) is 74.5 Å². The minimum absolute atomic E-state index is 0. The minimum Gasteiger partial charge on any atom is -0.480 e. The third-order valence-electron chi connectivity index (χ3n) is 5.16. The molecular formula is C25H34ClN3O4. The van der Waals surface area contributed by atoms with Crippen molar-refractivity contribution in [1.29, 1.82) is 0 Å². The monoisotopic (exact) mass is 475 g/mol. The van der Waals surface area contributed by atoms with Gasteiger partial charge in [0.05, 0.1) is 6.04 Å². The number of benzene rings is 2. The van der Waals surface area contributed by atoms with E-state index in [1.54, 1.807) is 12.1 Å². The quantitative estimate of drug-likeness (QED) is 0.376. The van der Waals surface area contributed by atoms with E-state index in [0.717, 1.165) is 11.1 Å². The first-order valence-electron chi connectivity index (χ1n) is 10.9. The number of aryl methyl sites for hydroxylation is 1. The minimum atomic E-state index is -1.13. The maximum atomic E-state index is 12.9. The molecule has 0 heterocycles. The van der Waals surface area contributed by atoms with Crippen molar-refractivity contribution in [3.05, 3.63) is 71.8 Å². The van der Waals surface area contributed by atoms with Crippen LogP contribution in [0.15, 0.2) is 60.7 Å². The Hall–Kier alpha value is -2.90. The van der Waals surface area contributed by atoms with Crippen LogP contribution in [0.1, 0.15) is 37.8 Å². The Kier molecular flexibility index (Phi) is 12.2. The summed E-state index contributed by atoms with van der Waals surface area (Å²) in [5.74, 6) is -1.96. The number of hydrogen-bond acceptors (Lipinski definition) is 4. The lowest BCUT2D eigenvalue weighted by molar-refractivity contribution is -0.142. The maximum Gasteiger partial charge on any atom is 0.326 e. The molecule has 2 aromatic rings. The number of rotatable bonds is 12. The average Bonchev–Trinajstić information content (AvgIpc) is 2.77. The van der Waals surface area contributed by atoms with E-state index in [0.29, 0.717) is 19.3 Å². The molecule has 2 rings (SSSR count). The van der Waals surface area contributed by atoms with Gasteiger partial charge < -0.3 is 21.5 Å². The Balaban J connectivity index is 0.00000544. The van der Waals surface area contributed by atoms with Crippen LogP contribution in [-0.4, -0.2) is 41.0 Å². The second-order valence-corrected chi connectivity index (χ2v) is 8.41. The van der Waals surface area contributed by atoms with Crippen molar-refractivity contribution in [2.75, 3.05) is 0 Å². The molecule has 0 aromatic heterocycles. The Morgan fingerprint density at radius 3 is 1.88 bits per heavy atom. The predicted molar refractivity (Wildman–Crippen MR) is 131 cm³/mol. The molecule has 5 N–H and O–H groups in total. The molecule has 3 atom stereocenters. The maximum absolute atomic E-state index is 12.9. The molecule has 33 heavy (non-hydrogen) atoms. The van der Waals surface area contributed by atoms with Crippen molar-refractivity contribution < 1.29 is 19.5 Å². The topological polar surface area (TPSA) is 122 Å². The van der Waals surface area contributed by atoms with Crippen LogP contribution >= 0.6 is 12.4 Å². The lowest BCUT2D eigenvalue weighted by Gasteiger charge is -2.24. The smallest absolute Gasteiger partial charge is 0.326 e. The number of carboxylic acids is 1. The largest absolute Gasteiger partial charge is 0.480 e. The molecule has 0 bridgehead atoms. The Morgan fingerprint density at radius 1 is 0.848 bits per heavy atom. The normalized spacial score (nSPS) is 13.3. The number of carbonyl (C=O) groups excluding carboxylic acids is 2. The van der Waals surface area contributed by atoms with Gasteiger partial charge in [0, 0.05) is 6.42 Å². The van der Waals surface area contributed by atoms with Gasteiger partial charge in [0.25, 0.3) is 0 Å². The van der Waals surface area contributed by atoms with Gasteiger partial charge in [-0.05, 0) is 36.3 Å². The third-order valence-corrected chi connectivity index (χ3v) is 5.16. The summed E-state index contributed by atoms with van der Waals surface area (Å²) < 4.78 is 0. The van der Waals surface area contributed by atoms with E-state index in [1.165, 1.54) is 0 Å². The number of aliphatic carboxylic acids is 1. The number of carboxylic acid groups (broad SMARTS) is 1. The number of nitrogens with two attached hydrogens (primary N) is 1. The highest BCUT2D eigenvalue weighted by molar-refractivity contribution is 5.91. The van der Waals surface area contributed by atoms with Crippen LogP contribution in [0.5, 0.6) is 0 Å². The summed E-state index contributed by atoms with van der Waals surface area (Å²) in [4.78, 5) is 37.2. The van der Waals surface area contributed by atoms with Crippen LogP contribution in [-0.2, 0) is 27.2 Å². The lowest BCUT2D eigenvalue weighted by atomic mass is 10.00. The first-order chi connectivity index (χ1) is 15.3. The highest BCUT2D eigenvalue weighted by Crippen LogP contribution is 2.09. The van der Waals surface area contributed by atoms with Crippen molar-refractivity contribution in [3.63, 3.8) is 0 Å². The fourth-order valence-electron chi connectivity index (χ4n) is 3.40. The first-order valence-corrected chi connectivity index (χ1v) is 10.9. The van der Waals surface area contributed by atoms with Crippen LogP contribution in [0.4, 0.5) is 0 Å². The molecule has 0 aliphatic heterocycles. The Morgan fingerprint density at radius 2 is 1.36 bits per heavy atom. The zero-order chi connectivity index (χ0) is 23.5. The number of nitrogens with one attached hydrogen (secondary N) is 2. The zero-order valence-electron chi connectivity index (χ0n) is 19.1. The van der Waals surface area contributed by atoms with Crippen LogP contribution in [0, 0.1) is 5.92 Å². The molecule has 7 nitrogen and oxygen atoms in total. The Bertz CT molecular complexity index is 878. The van der Waals surface area contributed by atoms with Crippen molar-refractivity contribution in [1.82, 2.24) is 10.6 Å². The van der Waals surface area contributed by atoms with Crippen molar-refractivity contribution in [3.8, 4) is 0 Å². The van der Waals surface area contributed by atoms with E-state index in [9.17, 15) is 19.5 Å². The molecule has 0 saturated carbocycles. The van der Waals surface area contributed by atoms with E-state index in [-0.39, 0.29) is 24.7 Å². The van der Waals surface area contributed by atoms with Gasteiger partial charge in [0.2, 0.25) is 11.8 Å². The van der Waals surface area contributed by atoms with Gasteiger partial charge in [-0.3, -0.25) is 9.59 Å². The SMILES string of the molecule is CC(C)C[C@H](NC(=O)[C@@H](N)CCc1ccccc1)C(=O)N[C@@H](Cc1ccccc1)C(=O)O.Cl. The van der Waals surface area contributed by atoms with Crippen molar-refractivity contribution >= 4 is 30.2 Å². The molecule has 0 unspecified atom stereocenters. The van der Waals surface area contributed by atoms with Crippen molar-refractivity contribution in [2.24, 2.45) is 11.7 Å². The number of hydrogen-bond donors (Lipinski definition) is 4. The number of carbonyl (C=O) groups is 3. The molecule has 2 amide bonds. The molecule has 180 valence electrons. The lowest BCUT2D eigenvalue weighted by Crippen LogP contribution is -2.55. The molecule has 0 aliphatic rings. The van der Waals surface area contributed by atoms with Gasteiger partial charge in [-0.25, -0.2) is 4.79 Å². The van der Waals surface area contributed by atoms with Crippen LogP contribution < -0.4 is 16.4 Å². The van der Waals surface area contributed by atoms with Gasteiger partial charge in [-0.15, -0.1) is 12.4 Å². The Labute approximate surface area is 201 Å². The van der Waals surface area contributed by atoms with E-state index >= 15 is 0 Å². The number of amides is 2. The van der Waals surface area contributed by atoms with E-state index in [2.05, 4.69) is 10.6 Å². The summed E-state index contributed by atoms with van der Waals surface area (Å²) in [7, 11) is 0. The van der Waals surface area contributed by atoms with Gasteiger partial charge in [-0.2, -0.15) is 0 Å². The molecule has 8 heteroatoms. The number of halogens is 1. The third kappa shape index (κ3) is 10.1. The van der Waals surface area contributed by atoms with E-state index < -0.39 is 35.9 Å². The van der Waals surface area contributed by atoms with Gasteiger partial charge in [0.15, 0.2) is 0 Å². The molecule has 2 aromatic carbocycles. The highest BCUT2D eigenvalue weighted by atomic mass is 35.5. The standard InChI is InChI=1S/C25H33N3O4.ClH/c1-17(2)15-21(27-23(29)20(26)14-13-18-9-5-3-6-10-18)24(30)28-22(25(31)32)16-19-11-7-4-8-12-19;/h3-12,17,20-22H,13-16,26H2,1-2H3,(H,27,29)(H,28,30)(H,31,32);1H/t20-,21-,22-;/m0./s1. The fraction of sp³-hybridized carbons (Fsp3) is 0.400. The molecule has 0 radical (unpaired) electrons.